The molecule has 0 amide bonds. The zero-order valence-electron chi connectivity index (χ0n) is 10.9. The Kier molecular flexibility index (Phi) is 2.90. The summed E-state index contributed by atoms with van der Waals surface area (Å²) in [6, 6.07) is 14.0. The SMILES string of the molecule is Cc1cc(NC2CC2c2ccccc2)c(N)cc1F. The van der Waals surface area contributed by atoms with E-state index in [0.29, 0.717) is 23.2 Å². The van der Waals surface area contributed by atoms with Crippen molar-refractivity contribution >= 4 is 11.4 Å². The van der Waals surface area contributed by atoms with E-state index in [-0.39, 0.29) is 5.82 Å². The van der Waals surface area contributed by atoms with Gasteiger partial charge < -0.3 is 11.1 Å². The first-order valence-electron chi connectivity index (χ1n) is 6.52. The summed E-state index contributed by atoms with van der Waals surface area (Å²) in [5.41, 5.74) is 9.12. The second-order valence-electron chi connectivity index (χ2n) is 5.19. The highest BCUT2D eigenvalue weighted by molar-refractivity contribution is 5.68. The lowest BCUT2D eigenvalue weighted by molar-refractivity contribution is 0.619. The maximum Gasteiger partial charge on any atom is 0.128 e. The average Bonchev–Trinajstić information content (AvgIpc) is 3.16. The van der Waals surface area contributed by atoms with E-state index in [2.05, 4.69) is 29.6 Å². The van der Waals surface area contributed by atoms with E-state index in [1.54, 1.807) is 13.0 Å². The minimum absolute atomic E-state index is 0.251. The number of hydrogen-bond donors (Lipinski definition) is 2. The van der Waals surface area contributed by atoms with Crippen molar-refractivity contribution in [2.45, 2.75) is 25.3 Å². The van der Waals surface area contributed by atoms with Crippen LogP contribution < -0.4 is 11.1 Å². The Morgan fingerprint density at radius 2 is 1.95 bits per heavy atom. The fraction of sp³-hybridized carbons (Fsp3) is 0.250. The van der Waals surface area contributed by atoms with Gasteiger partial charge in [-0.25, -0.2) is 4.39 Å². The molecule has 2 unspecified atom stereocenters. The number of nitrogen functional groups attached to an aromatic ring is 1. The smallest absolute Gasteiger partial charge is 0.128 e. The van der Waals surface area contributed by atoms with E-state index in [1.165, 1.54) is 11.6 Å². The van der Waals surface area contributed by atoms with E-state index in [4.69, 9.17) is 5.73 Å². The summed E-state index contributed by atoms with van der Waals surface area (Å²) >= 11 is 0. The van der Waals surface area contributed by atoms with E-state index < -0.39 is 0 Å². The second-order valence-corrected chi connectivity index (χ2v) is 5.19. The Morgan fingerprint density at radius 3 is 2.68 bits per heavy atom. The molecule has 0 saturated heterocycles. The highest BCUT2D eigenvalue weighted by Crippen LogP contribution is 2.43. The summed E-state index contributed by atoms with van der Waals surface area (Å²) in [6.45, 7) is 1.75. The molecule has 2 atom stereocenters. The van der Waals surface area contributed by atoms with Crippen LogP contribution in [-0.4, -0.2) is 6.04 Å². The Hall–Kier alpha value is -2.03. The molecular formula is C16H17FN2. The van der Waals surface area contributed by atoms with Crippen molar-refractivity contribution in [3.8, 4) is 0 Å². The lowest BCUT2D eigenvalue weighted by Crippen LogP contribution is -2.07. The van der Waals surface area contributed by atoms with Gasteiger partial charge in [0.2, 0.25) is 0 Å². The van der Waals surface area contributed by atoms with Crippen molar-refractivity contribution in [2.24, 2.45) is 0 Å². The lowest BCUT2D eigenvalue weighted by atomic mass is 10.1. The van der Waals surface area contributed by atoms with Crippen LogP contribution in [-0.2, 0) is 0 Å². The molecule has 1 aliphatic rings. The highest BCUT2D eigenvalue weighted by Gasteiger charge is 2.38. The number of anilines is 2. The molecule has 3 rings (SSSR count). The summed E-state index contributed by atoms with van der Waals surface area (Å²) in [7, 11) is 0. The topological polar surface area (TPSA) is 38.0 Å². The Morgan fingerprint density at radius 1 is 1.21 bits per heavy atom. The van der Waals surface area contributed by atoms with Gasteiger partial charge in [0, 0.05) is 12.0 Å². The minimum Gasteiger partial charge on any atom is -0.397 e. The molecule has 0 spiro atoms. The van der Waals surface area contributed by atoms with E-state index >= 15 is 0 Å². The quantitative estimate of drug-likeness (QED) is 0.822. The fourth-order valence-electron chi connectivity index (χ4n) is 2.44. The first-order chi connectivity index (χ1) is 9.15. The molecule has 3 N–H and O–H groups in total. The number of rotatable bonds is 3. The van der Waals surface area contributed by atoms with Crippen LogP contribution in [0, 0.1) is 12.7 Å². The molecule has 3 heteroatoms. The van der Waals surface area contributed by atoms with Gasteiger partial charge in [-0.15, -0.1) is 0 Å². The average molecular weight is 256 g/mol. The molecule has 2 nitrogen and oxygen atoms in total. The van der Waals surface area contributed by atoms with Crippen LogP contribution in [0.2, 0.25) is 0 Å². The Bertz CT molecular complexity index is 595. The van der Waals surface area contributed by atoms with Crippen LogP contribution in [0.3, 0.4) is 0 Å². The molecule has 0 aromatic heterocycles. The normalized spacial score (nSPS) is 21.2. The van der Waals surface area contributed by atoms with Crippen LogP contribution in [0.5, 0.6) is 0 Å². The monoisotopic (exact) mass is 256 g/mol. The number of halogens is 1. The van der Waals surface area contributed by atoms with Gasteiger partial charge in [-0.2, -0.15) is 0 Å². The molecule has 1 saturated carbocycles. The van der Waals surface area contributed by atoms with E-state index in [1.807, 2.05) is 6.07 Å². The largest absolute Gasteiger partial charge is 0.397 e. The first kappa shape index (κ1) is 12.0. The molecular weight excluding hydrogens is 239 g/mol. The van der Waals surface area contributed by atoms with Crippen molar-refractivity contribution in [1.82, 2.24) is 0 Å². The van der Waals surface area contributed by atoms with Crippen molar-refractivity contribution in [2.75, 3.05) is 11.1 Å². The number of hydrogen-bond acceptors (Lipinski definition) is 2. The summed E-state index contributed by atoms with van der Waals surface area (Å²) < 4.78 is 13.3. The summed E-state index contributed by atoms with van der Waals surface area (Å²) in [4.78, 5) is 0. The van der Waals surface area contributed by atoms with Crippen molar-refractivity contribution in [3.63, 3.8) is 0 Å². The molecule has 0 bridgehead atoms. The predicted molar refractivity (Wildman–Crippen MR) is 76.8 cm³/mol. The molecule has 0 aliphatic heterocycles. The molecule has 2 aromatic carbocycles. The lowest BCUT2D eigenvalue weighted by Gasteiger charge is -2.11. The third-order valence-corrected chi connectivity index (χ3v) is 3.69. The van der Waals surface area contributed by atoms with E-state index in [0.717, 1.165) is 12.1 Å². The van der Waals surface area contributed by atoms with Crippen molar-refractivity contribution < 1.29 is 4.39 Å². The third-order valence-electron chi connectivity index (χ3n) is 3.69. The van der Waals surface area contributed by atoms with Gasteiger partial charge in [0.15, 0.2) is 0 Å². The highest BCUT2D eigenvalue weighted by atomic mass is 19.1. The number of nitrogens with two attached hydrogens (primary N) is 1. The van der Waals surface area contributed by atoms with Gasteiger partial charge >= 0.3 is 0 Å². The molecule has 0 radical (unpaired) electrons. The maximum atomic E-state index is 13.3. The van der Waals surface area contributed by atoms with Gasteiger partial charge in [-0.3, -0.25) is 0 Å². The predicted octanol–water partition coefficient (Wildman–Crippen LogP) is 3.68. The Labute approximate surface area is 112 Å². The number of benzene rings is 2. The number of nitrogens with one attached hydrogen (secondary N) is 1. The minimum atomic E-state index is -0.251. The van der Waals surface area contributed by atoms with Gasteiger partial charge in [0.1, 0.15) is 5.82 Å². The first-order valence-corrected chi connectivity index (χ1v) is 6.52. The molecule has 1 aliphatic carbocycles. The Balaban J connectivity index is 1.73. The molecule has 2 aromatic rings. The fourth-order valence-corrected chi connectivity index (χ4v) is 2.44. The molecule has 1 fully saturated rings. The van der Waals surface area contributed by atoms with Gasteiger partial charge in [-0.05, 0) is 36.6 Å². The molecule has 98 valence electrons. The second kappa shape index (κ2) is 4.57. The summed E-state index contributed by atoms with van der Waals surface area (Å²) in [6.07, 6.45) is 1.10. The van der Waals surface area contributed by atoms with Crippen LogP contribution in [0.1, 0.15) is 23.5 Å². The van der Waals surface area contributed by atoms with E-state index in [9.17, 15) is 4.39 Å². The van der Waals surface area contributed by atoms with Gasteiger partial charge in [0.25, 0.3) is 0 Å². The summed E-state index contributed by atoms with van der Waals surface area (Å²) in [5, 5.41) is 3.41. The third kappa shape index (κ3) is 2.41. The zero-order chi connectivity index (χ0) is 13.4. The number of aryl methyl sites for hydroxylation is 1. The van der Waals surface area contributed by atoms with Gasteiger partial charge in [-0.1, -0.05) is 30.3 Å². The van der Waals surface area contributed by atoms with Crippen LogP contribution >= 0.6 is 0 Å². The molecule has 0 heterocycles. The van der Waals surface area contributed by atoms with Crippen molar-refractivity contribution in [3.05, 3.63) is 59.4 Å². The van der Waals surface area contributed by atoms with Crippen LogP contribution in [0.15, 0.2) is 42.5 Å². The van der Waals surface area contributed by atoms with Crippen LogP contribution in [0.25, 0.3) is 0 Å². The van der Waals surface area contributed by atoms with Crippen LogP contribution in [0.4, 0.5) is 15.8 Å². The summed E-state index contributed by atoms with van der Waals surface area (Å²) in [5.74, 6) is 0.282. The van der Waals surface area contributed by atoms with Gasteiger partial charge in [0.05, 0.1) is 11.4 Å². The maximum absolute atomic E-state index is 13.3. The van der Waals surface area contributed by atoms with Crippen molar-refractivity contribution in [1.29, 1.82) is 0 Å². The molecule has 19 heavy (non-hydrogen) atoms. The standard InChI is InChI=1S/C16H17FN2/c1-10-7-16(14(18)9-13(10)17)19-15-8-12(15)11-5-3-2-4-6-11/h2-7,9,12,15,19H,8,18H2,1H3. The zero-order valence-corrected chi connectivity index (χ0v) is 10.9.